The van der Waals surface area contributed by atoms with E-state index in [1.165, 1.54) is 0 Å². The van der Waals surface area contributed by atoms with Gasteiger partial charge in [0.1, 0.15) is 5.60 Å². The molecule has 0 radical (unpaired) electrons. The summed E-state index contributed by atoms with van der Waals surface area (Å²) in [7, 11) is 1.95. The molecule has 1 amide bonds. The maximum absolute atomic E-state index is 13.4. The molecule has 4 aromatic rings. The Balaban J connectivity index is 1.36. The molecular weight excluding hydrogens is 466 g/mol. The van der Waals surface area contributed by atoms with Gasteiger partial charge in [-0.1, -0.05) is 30.3 Å². The number of nitrogens with zero attached hydrogens (tertiary/aromatic N) is 5. The number of carbonyl (C=O) groups excluding carboxylic acids is 2. The van der Waals surface area contributed by atoms with E-state index in [-0.39, 0.29) is 17.8 Å². The first-order chi connectivity index (χ1) is 17.7. The second-order valence-corrected chi connectivity index (χ2v) is 10.7. The summed E-state index contributed by atoms with van der Waals surface area (Å²) in [6.45, 7) is 6.85. The lowest BCUT2D eigenvalue weighted by Gasteiger charge is -2.33. The van der Waals surface area contributed by atoms with Gasteiger partial charge >= 0.3 is 5.97 Å². The molecule has 1 aliphatic heterocycles. The predicted molar refractivity (Wildman–Crippen MR) is 142 cm³/mol. The Morgan fingerprint density at radius 2 is 1.86 bits per heavy atom. The summed E-state index contributed by atoms with van der Waals surface area (Å²) >= 11 is 0. The highest BCUT2D eigenvalue weighted by Gasteiger charge is 2.28. The standard InChI is InChI=1S/C29H33N5O3/c1-29(2,3)37-26(35)17-20-9-8-16-33(19-20)27(36)22-12-13-25-23(18-22)31-28(32(25)4)34-24(14-15-30-34)21-10-6-5-7-11-21/h5-7,10-15,18,20H,8-9,16-17,19H2,1-4H3/t20-/m0/s1. The monoisotopic (exact) mass is 499 g/mol. The summed E-state index contributed by atoms with van der Waals surface area (Å²) in [5, 5.41) is 4.52. The van der Waals surface area contributed by atoms with E-state index in [9.17, 15) is 9.59 Å². The Hall–Kier alpha value is -3.94. The van der Waals surface area contributed by atoms with Gasteiger partial charge in [-0.05, 0) is 63.8 Å². The zero-order valence-electron chi connectivity index (χ0n) is 21.8. The van der Waals surface area contributed by atoms with Gasteiger partial charge in [0, 0.05) is 31.3 Å². The number of fused-ring (bicyclic) bond motifs is 1. The third-order valence-electron chi connectivity index (χ3n) is 6.69. The molecule has 37 heavy (non-hydrogen) atoms. The molecular formula is C29H33N5O3. The minimum atomic E-state index is -0.504. The SMILES string of the molecule is Cn1c(-n2nccc2-c2ccccc2)nc2cc(C(=O)N3CCC[C@@H](CC(=O)OC(C)(C)C)C3)ccc21. The summed E-state index contributed by atoms with van der Waals surface area (Å²) in [5.74, 6) is 0.544. The molecule has 0 N–H and O–H groups in total. The van der Waals surface area contributed by atoms with Crippen molar-refractivity contribution in [3.8, 4) is 17.2 Å². The predicted octanol–water partition coefficient (Wildman–Crippen LogP) is 5.01. The van der Waals surface area contributed by atoms with Gasteiger partial charge in [0.25, 0.3) is 5.91 Å². The van der Waals surface area contributed by atoms with Gasteiger partial charge in [-0.15, -0.1) is 0 Å². The molecule has 8 heteroatoms. The molecule has 0 saturated carbocycles. The first kappa shape index (κ1) is 24.7. The summed E-state index contributed by atoms with van der Waals surface area (Å²) in [5.41, 5.74) is 3.74. The number of esters is 1. The first-order valence-electron chi connectivity index (χ1n) is 12.8. The maximum atomic E-state index is 13.4. The van der Waals surface area contributed by atoms with Crippen LogP contribution in [-0.2, 0) is 16.6 Å². The third kappa shape index (κ3) is 5.28. The van der Waals surface area contributed by atoms with E-state index in [2.05, 4.69) is 5.10 Å². The number of imidazole rings is 1. The molecule has 192 valence electrons. The van der Waals surface area contributed by atoms with Crippen LogP contribution in [0.1, 0.15) is 50.4 Å². The maximum Gasteiger partial charge on any atom is 0.306 e. The lowest BCUT2D eigenvalue weighted by atomic mass is 9.94. The molecule has 1 aliphatic rings. The van der Waals surface area contributed by atoms with Crippen LogP contribution in [0, 0.1) is 5.92 Å². The van der Waals surface area contributed by atoms with Gasteiger partial charge in [0.05, 0.1) is 29.3 Å². The second kappa shape index (κ2) is 9.84. The largest absolute Gasteiger partial charge is 0.460 e. The molecule has 3 heterocycles. The van der Waals surface area contributed by atoms with Crippen LogP contribution in [0.3, 0.4) is 0 Å². The smallest absolute Gasteiger partial charge is 0.306 e. The molecule has 8 nitrogen and oxygen atoms in total. The van der Waals surface area contributed by atoms with Crippen molar-refractivity contribution in [2.75, 3.05) is 13.1 Å². The summed E-state index contributed by atoms with van der Waals surface area (Å²) < 4.78 is 9.30. The Kier molecular flexibility index (Phi) is 6.58. The number of hydrogen-bond donors (Lipinski definition) is 0. The second-order valence-electron chi connectivity index (χ2n) is 10.7. The van der Waals surface area contributed by atoms with Gasteiger partial charge in [-0.2, -0.15) is 9.78 Å². The average Bonchev–Trinajstić information content (AvgIpc) is 3.47. The van der Waals surface area contributed by atoms with Crippen molar-refractivity contribution in [2.45, 2.75) is 45.6 Å². The number of rotatable bonds is 5. The van der Waals surface area contributed by atoms with E-state index in [4.69, 9.17) is 9.72 Å². The van der Waals surface area contributed by atoms with Crippen LogP contribution >= 0.6 is 0 Å². The van der Waals surface area contributed by atoms with Gasteiger partial charge in [0.15, 0.2) is 0 Å². The fourth-order valence-electron chi connectivity index (χ4n) is 5.02. The minimum absolute atomic E-state index is 0.0351. The van der Waals surface area contributed by atoms with E-state index in [1.54, 1.807) is 6.20 Å². The van der Waals surface area contributed by atoms with Crippen LogP contribution in [0.4, 0.5) is 0 Å². The van der Waals surface area contributed by atoms with Crippen LogP contribution in [-0.4, -0.2) is 54.8 Å². The number of amides is 1. The lowest BCUT2D eigenvalue weighted by molar-refractivity contribution is -0.156. The van der Waals surface area contributed by atoms with E-state index < -0.39 is 5.60 Å². The van der Waals surface area contributed by atoms with Gasteiger partial charge in [-0.25, -0.2) is 4.98 Å². The highest BCUT2D eigenvalue weighted by molar-refractivity contribution is 5.97. The Bertz CT molecular complexity index is 1430. The van der Waals surface area contributed by atoms with Crippen molar-refractivity contribution in [3.05, 3.63) is 66.4 Å². The van der Waals surface area contributed by atoms with Crippen LogP contribution in [0.15, 0.2) is 60.8 Å². The molecule has 2 aromatic carbocycles. The zero-order chi connectivity index (χ0) is 26.2. The van der Waals surface area contributed by atoms with Crippen molar-refractivity contribution in [3.63, 3.8) is 0 Å². The van der Waals surface area contributed by atoms with Crippen LogP contribution in [0.25, 0.3) is 28.2 Å². The fraction of sp³-hybridized carbons (Fsp3) is 0.379. The van der Waals surface area contributed by atoms with E-state index in [0.717, 1.165) is 35.1 Å². The van der Waals surface area contributed by atoms with Crippen LogP contribution in [0.2, 0.25) is 0 Å². The van der Waals surface area contributed by atoms with Crippen LogP contribution in [0.5, 0.6) is 0 Å². The van der Waals surface area contributed by atoms with Crippen molar-refractivity contribution < 1.29 is 14.3 Å². The highest BCUT2D eigenvalue weighted by atomic mass is 16.6. The van der Waals surface area contributed by atoms with Gasteiger partial charge in [0.2, 0.25) is 5.95 Å². The van der Waals surface area contributed by atoms with Gasteiger partial charge < -0.3 is 14.2 Å². The van der Waals surface area contributed by atoms with Gasteiger partial charge in [-0.3, -0.25) is 9.59 Å². The van der Waals surface area contributed by atoms with E-state index >= 15 is 0 Å². The molecule has 0 bridgehead atoms. The Morgan fingerprint density at radius 3 is 2.62 bits per heavy atom. The van der Waals surface area contributed by atoms with E-state index in [0.29, 0.717) is 31.0 Å². The molecule has 1 saturated heterocycles. The number of ether oxygens (including phenoxy) is 1. The molecule has 0 aliphatic carbocycles. The van der Waals surface area contributed by atoms with Crippen molar-refractivity contribution >= 4 is 22.9 Å². The molecule has 1 fully saturated rings. The average molecular weight is 500 g/mol. The lowest BCUT2D eigenvalue weighted by Crippen LogP contribution is -2.41. The number of aryl methyl sites for hydroxylation is 1. The van der Waals surface area contributed by atoms with Crippen molar-refractivity contribution in [2.24, 2.45) is 13.0 Å². The molecule has 5 rings (SSSR count). The number of piperidine rings is 1. The van der Waals surface area contributed by atoms with E-state index in [1.807, 2.05) is 96.6 Å². The molecule has 0 spiro atoms. The molecule has 2 aromatic heterocycles. The summed E-state index contributed by atoms with van der Waals surface area (Å²) in [6.07, 6.45) is 3.88. The van der Waals surface area contributed by atoms with Crippen molar-refractivity contribution in [1.29, 1.82) is 0 Å². The number of benzene rings is 2. The highest BCUT2D eigenvalue weighted by Crippen LogP contribution is 2.27. The third-order valence-corrected chi connectivity index (χ3v) is 6.69. The summed E-state index contributed by atoms with van der Waals surface area (Å²) in [6, 6.07) is 17.7. The molecule has 0 unspecified atom stereocenters. The minimum Gasteiger partial charge on any atom is -0.460 e. The number of carbonyl (C=O) groups is 2. The zero-order valence-corrected chi connectivity index (χ0v) is 21.8. The number of aromatic nitrogens is 4. The fourth-order valence-corrected chi connectivity index (χ4v) is 5.02. The molecule has 1 atom stereocenters. The number of likely N-dealkylation sites (tertiary alicyclic amines) is 1. The quantitative estimate of drug-likeness (QED) is 0.361. The Labute approximate surface area is 216 Å². The topological polar surface area (TPSA) is 82.3 Å². The normalized spacial score (nSPS) is 16.2. The first-order valence-corrected chi connectivity index (χ1v) is 12.8. The summed E-state index contributed by atoms with van der Waals surface area (Å²) in [4.78, 5) is 32.4. The Morgan fingerprint density at radius 1 is 1.08 bits per heavy atom. The van der Waals surface area contributed by atoms with Crippen LogP contribution < -0.4 is 0 Å². The van der Waals surface area contributed by atoms with Crippen molar-refractivity contribution in [1.82, 2.24) is 24.2 Å². The number of hydrogen-bond acceptors (Lipinski definition) is 5.